The minimum atomic E-state index is -0.316. The summed E-state index contributed by atoms with van der Waals surface area (Å²) in [6.07, 6.45) is 0.885. The largest absolute Gasteiger partial charge is 0.373 e. The Labute approximate surface area is 128 Å². The molecule has 0 aliphatic heterocycles. The zero-order valence-corrected chi connectivity index (χ0v) is 14.0. The Balaban J connectivity index is 2.69. The highest BCUT2D eigenvalue weighted by atomic mass is 79.9. The van der Waals surface area contributed by atoms with Crippen molar-refractivity contribution in [2.75, 3.05) is 5.32 Å². The molecule has 1 aromatic carbocycles. The number of halogens is 2. The van der Waals surface area contributed by atoms with Crippen LogP contribution in [0.2, 0.25) is 5.02 Å². The van der Waals surface area contributed by atoms with Gasteiger partial charge in [-0.25, -0.2) is 0 Å². The van der Waals surface area contributed by atoms with Crippen molar-refractivity contribution in [1.82, 2.24) is 5.32 Å². The second-order valence-corrected chi connectivity index (χ2v) is 6.51. The zero-order chi connectivity index (χ0) is 14.6. The lowest BCUT2D eigenvalue weighted by Gasteiger charge is -2.27. The maximum atomic E-state index is 12.1. The molecule has 0 aliphatic carbocycles. The first kappa shape index (κ1) is 16.3. The van der Waals surface area contributed by atoms with Gasteiger partial charge in [-0.05, 0) is 61.3 Å². The van der Waals surface area contributed by atoms with Gasteiger partial charge in [0.15, 0.2) is 0 Å². The number of benzene rings is 1. The fourth-order valence-electron chi connectivity index (χ4n) is 1.44. The summed E-state index contributed by atoms with van der Waals surface area (Å²) in [6, 6.07) is 5.12. The van der Waals surface area contributed by atoms with Crippen LogP contribution in [0.1, 0.15) is 34.1 Å². The van der Waals surface area contributed by atoms with E-state index in [9.17, 15) is 4.79 Å². The van der Waals surface area contributed by atoms with Crippen molar-refractivity contribution in [3.8, 4) is 0 Å². The molecular weight excluding hydrogens is 328 g/mol. The van der Waals surface area contributed by atoms with Crippen LogP contribution in [0.15, 0.2) is 22.7 Å². The molecule has 0 aromatic heterocycles. The molecule has 0 fully saturated rings. The molecule has 19 heavy (non-hydrogen) atoms. The van der Waals surface area contributed by atoms with Crippen LogP contribution in [0, 0.1) is 0 Å². The highest BCUT2D eigenvalue weighted by molar-refractivity contribution is 9.10. The van der Waals surface area contributed by atoms with Gasteiger partial charge in [-0.2, -0.15) is 0 Å². The van der Waals surface area contributed by atoms with E-state index < -0.39 is 0 Å². The second-order valence-electron chi connectivity index (χ2n) is 5.22. The molecule has 5 heteroatoms. The normalized spacial score (nSPS) is 12.9. The lowest BCUT2D eigenvalue weighted by molar-refractivity contribution is -0.123. The number of rotatable bonds is 5. The molecule has 0 bridgehead atoms. The molecule has 1 amide bonds. The molecule has 2 N–H and O–H groups in total. The minimum Gasteiger partial charge on any atom is -0.373 e. The van der Waals surface area contributed by atoms with E-state index in [-0.39, 0.29) is 17.5 Å². The van der Waals surface area contributed by atoms with Crippen LogP contribution in [-0.2, 0) is 4.79 Å². The summed E-state index contributed by atoms with van der Waals surface area (Å²) >= 11 is 9.31. The van der Waals surface area contributed by atoms with E-state index in [1.165, 1.54) is 0 Å². The fraction of sp³-hybridized carbons (Fsp3) is 0.500. The average molecular weight is 348 g/mol. The molecule has 0 heterocycles. The standard InChI is InChI=1S/C14H20BrClN2O/c1-5-14(3,4)18-13(19)9(2)17-12-7-6-10(16)8-11(12)15/h6-9,17H,5H2,1-4H3,(H,18,19). The predicted molar refractivity (Wildman–Crippen MR) is 84.7 cm³/mol. The Kier molecular flexibility index (Phi) is 5.68. The molecule has 0 radical (unpaired) electrons. The number of carbonyl (C=O) groups is 1. The first-order valence-corrected chi connectivity index (χ1v) is 7.46. The molecule has 1 unspecified atom stereocenters. The molecule has 0 saturated heterocycles. The lowest BCUT2D eigenvalue weighted by atomic mass is 10.0. The average Bonchev–Trinajstić information content (AvgIpc) is 2.32. The molecular formula is C14H20BrClN2O. The maximum absolute atomic E-state index is 12.1. The third kappa shape index (κ3) is 5.03. The Morgan fingerprint density at radius 2 is 2.11 bits per heavy atom. The minimum absolute atomic E-state index is 0.0197. The van der Waals surface area contributed by atoms with Crippen molar-refractivity contribution in [1.29, 1.82) is 0 Å². The van der Waals surface area contributed by atoms with Gasteiger partial charge in [0.25, 0.3) is 0 Å². The zero-order valence-electron chi connectivity index (χ0n) is 11.7. The van der Waals surface area contributed by atoms with E-state index in [4.69, 9.17) is 11.6 Å². The van der Waals surface area contributed by atoms with E-state index in [1.54, 1.807) is 12.1 Å². The van der Waals surface area contributed by atoms with Crippen LogP contribution in [0.4, 0.5) is 5.69 Å². The Morgan fingerprint density at radius 1 is 1.47 bits per heavy atom. The van der Waals surface area contributed by atoms with Crippen LogP contribution in [0.5, 0.6) is 0 Å². The third-order valence-corrected chi connectivity index (χ3v) is 3.93. The van der Waals surface area contributed by atoms with Gasteiger partial charge in [-0.15, -0.1) is 0 Å². The molecule has 3 nitrogen and oxygen atoms in total. The van der Waals surface area contributed by atoms with Gasteiger partial charge in [0.2, 0.25) is 5.91 Å². The van der Waals surface area contributed by atoms with Gasteiger partial charge in [-0.1, -0.05) is 18.5 Å². The number of amides is 1. The monoisotopic (exact) mass is 346 g/mol. The number of carbonyl (C=O) groups excluding carboxylic acids is 1. The van der Waals surface area contributed by atoms with E-state index in [1.807, 2.05) is 33.8 Å². The quantitative estimate of drug-likeness (QED) is 0.838. The van der Waals surface area contributed by atoms with Crippen molar-refractivity contribution >= 4 is 39.1 Å². The van der Waals surface area contributed by atoms with Crippen molar-refractivity contribution in [3.05, 3.63) is 27.7 Å². The van der Waals surface area contributed by atoms with Gasteiger partial charge < -0.3 is 10.6 Å². The van der Waals surface area contributed by atoms with Gasteiger partial charge in [-0.3, -0.25) is 4.79 Å². The summed E-state index contributed by atoms with van der Waals surface area (Å²) in [6.45, 7) is 7.90. The number of hydrogen-bond donors (Lipinski definition) is 2. The topological polar surface area (TPSA) is 41.1 Å². The molecule has 1 rings (SSSR count). The highest BCUT2D eigenvalue weighted by Gasteiger charge is 2.22. The highest BCUT2D eigenvalue weighted by Crippen LogP contribution is 2.26. The number of anilines is 1. The SMILES string of the molecule is CCC(C)(C)NC(=O)C(C)Nc1ccc(Cl)cc1Br. The predicted octanol–water partition coefficient (Wildman–Crippen LogP) is 4.21. The van der Waals surface area contributed by atoms with Crippen LogP contribution in [-0.4, -0.2) is 17.5 Å². The fourth-order valence-corrected chi connectivity index (χ4v) is 2.23. The van der Waals surface area contributed by atoms with Crippen LogP contribution in [0.3, 0.4) is 0 Å². The summed E-state index contributed by atoms with van der Waals surface area (Å²) in [7, 11) is 0. The molecule has 106 valence electrons. The first-order valence-electron chi connectivity index (χ1n) is 6.29. The van der Waals surface area contributed by atoms with Crippen LogP contribution in [0.25, 0.3) is 0 Å². The summed E-state index contributed by atoms with van der Waals surface area (Å²) in [4.78, 5) is 12.1. The molecule has 0 saturated carbocycles. The van der Waals surface area contributed by atoms with Gasteiger partial charge in [0.1, 0.15) is 6.04 Å². The molecule has 1 atom stereocenters. The maximum Gasteiger partial charge on any atom is 0.242 e. The lowest BCUT2D eigenvalue weighted by Crippen LogP contribution is -2.48. The number of hydrogen-bond acceptors (Lipinski definition) is 2. The third-order valence-electron chi connectivity index (χ3n) is 3.04. The van der Waals surface area contributed by atoms with Gasteiger partial charge in [0, 0.05) is 20.7 Å². The van der Waals surface area contributed by atoms with Crippen molar-refractivity contribution in [3.63, 3.8) is 0 Å². The Morgan fingerprint density at radius 3 is 2.63 bits per heavy atom. The van der Waals surface area contributed by atoms with E-state index >= 15 is 0 Å². The first-order chi connectivity index (χ1) is 8.75. The van der Waals surface area contributed by atoms with Crippen LogP contribution < -0.4 is 10.6 Å². The van der Waals surface area contributed by atoms with Crippen molar-refractivity contribution in [2.24, 2.45) is 0 Å². The second kappa shape index (κ2) is 6.62. The summed E-state index contributed by atoms with van der Waals surface area (Å²) in [5.41, 5.74) is 0.658. The molecule has 0 aliphatic rings. The van der Waals surface area contributed by atoms with E-state index in [0.717, 1.165) is 16.6 Å². The van der Waals surface area contributed by atoms with Gasteiger partial charge in [0.05, 0.1) is 0 Å². The Bertz CT molecular complexity index is 463. The smallest absolute Gasteiger partial charge is 0.242 e. The van der Waals surface area contributed by atoms with Gasteiger partial charge >= 0.3 is 0 Å². The summed E-state index contributed by atoms with van der Waals surface area (Å²) in [5, 5.41) is 6.83. The molecule has 0 spiro atoms. The van der Waals surface area contributed by atoms with Crippen LogP contribution >= 0.6 is 27.5 Å². The molecule has 1 aromatic rings. The summed E-state index contributed by atoms with van der Waals surface area (Å²) < 4.78 is 0.842. The number of nitrogens with one attached hydrogen (secondary N) is 2. The van der Waals surface area contributed by atoms with Crippen molar-refractivity contribution in [2.45, 2.75) is 45.7 Å². The Hall–Kier alpha value is -0.740. The van der Waals surface area contributed by atoms with E-state index in [0.29, 0.717) is 5.02 Å². The van der Waals surface area contributed by atoms with E-state index in [2.05, 4.69) is 26.6 Å². The van der Waals surface area contributed by atoms with Crippen molar-refractivity contribution < 1.29 is 4.79 Å². The summed E-state index contributed by atoms with van der Waals surface area (Å²) in [5.74, 6) is -0.0197.